The summed E-state index contributed by atoms with van der Waals surface area (Å²) < 4.78 is 7.43. The number of hydrogen-bond acceptors (Lipinski definition) is 6. The second-order valence-corrected chi connectivity index (χ2v) is 9.08. The summed E-state index contributed by atoms with van der Waals surface area (Å²) in [6.07, 6.45) is 3.72. The van der Waals surface area contributed by atoms with Crippen LogP contribution in [0.2, 0.25) is 0 Å². The van der Waals surface area contributed by atoms with Gasteiger partial charge in [0.1, 0.15) is 12.4 Å². The Hall–Kier alpha value is -1.32. The summed E-state index contributed by atoms with van der Waals surface area (Å²) in [6, 6.07) is 0.500. The highest BCUT2D eigenvalue weighted by atomic mass is 32.2. The molecule has 0 radical (unpaired) electrons. The summed E-state index contributed by atoms with van der Waals surface area (Å²) in [5.74, 6) is 3.88. The van der Waals surface area contributed by atoms with Crippen molar-refractivity contribution in [1.82, 2.24) is 30.3 Å². The van der Waals surface area contributed by atoms with Crippen LogP contribution in [-0.4, -0.2) is 82.1 Å². The fraction of sp³-hybridized carbons (Fsp3) is 0.842. The van der Waals surface area contributed by atoms with Crippen molar-refractivity contribution in [2.24, 2.45) is 12.0 Å². The van der Waals surface area contributed by atoms with Crippen LogP contribution in [0.4, 0.5) is 0 Å². The van der Waals surface area contributed by atoms with E-state index in [1.807, 2.05) is 18.5 Å². The number of aromatic nitrogens is 3. The zero-order valence-corrected chi connectivity index (χ0v) is 18.3. The molecule has 2 N–H and O–H groups in total. The van der Waals surface area contributed by atoms with Crippen LogP contribution in [-0.2, 0) is 18.3 Å². The molecular weight excluding hydrogens is 374 g/mol. The summed E-state index contributed by atoms with van der Waals surface area (Å²) in [6.45, 7) is 10.3. The summed E-state index contributed by atoms with van der Waals surface area (Å²) >= 11 is 2.08. The average molecular weight is 410 g/mol. The van der Waals surface area contributed by atoms with Crippen LogP contribution in [0, 0.1) is 6.92 Å². The van der Waals surface area contributed by atoms with Crippen LogP contribution in [0.3, 0.4) is 0 Å². The number of hydrogen-bond donors (Lipinski definition) is 2. The Bertz CT molecular complexity index is 630. The van der Waals surface area contributed by atoms with E-state index < -0.39 is 0 Å². The first-order valence-corrected chi connectivity index (χ1v) is 11.5. The van der Waals surface area contributed by atoms with E-state index in [-0.39, 0.29) is 0 Å². The highest BCUT2D eigenvalue weighted by molar-refractivity contribution is 7.99. The first-order valence-electron chi connectivity index (χ1n) is 10.5. The maximum absolute atomic E-state index is 5.43. The Morgan fingerprint density at radius 3 is 2.82 bits per heavy atom. The van der Waals surface area contributed by atoms with Crippen molar-refractivity contribution < 1.29 is 4.74 Å². The van der Waals surface area contributed by atoms with Gasteiger partial charge in [0.2, 0.25) is 0 Å². The molecule has 2 fully saturated rings. The number of morpholine rings is 1. The molecule has 8 nitrogen and oxygen atoms in total. The van der Waals surface area contributed by atoms with Crippen molar-refractivity contribution in [2.45, 2.75) is 50.9 Å². The van der Waals surface area contributed by atoms with Gasteiger partial charge in [-0.1, -0.05) is 6.92 Å². The molecule has 1 saturated heterocycles. The van der Waals surface area contributed by atoms with Crippen LogP contribution in [0.5, 0.6) is 0 Å². The standard InChI is InChI=1S/C19H35N7OS/c1-4-28-17-6-5-16(13-17)22-19(20-7-8-26-9-11-27-12-10-26)21-14-18-24-23-15(2)25(18)3/h16-17H,4-14H2,1-3H3,(H2,20,21,22). The van der Waals surface area contributed by atoms with Crippen molar-refractivity contribution in [3.8, 4) is 0 Å². The van der Waals surface area contributed by atoms with Gasteiger partial charge in [-0.15, -0.1) is 10.2 Å². The summed E-state index contributed by atoms with van der Waals surface area (Å²) in [5, 5.41) is 16.3. The number of nitrogens with one attached hydrogen (secondary N) is 2. The van der Waals surface area contributed by atoms with E-state index in [2.05, 4.69) is 44.4 Å². The van der Waals surface area contributed by atoms with Gasteiger partial charge in [-0.2, -0.15) is 11.8 Å². The Labute approximate surface area is 172 Å². The molecule has 1 aliphatic heterocycles. The molecule has 2 unspecified atom stereocenters. The van der Waals surface area contributed by atoms with Gasteiger partial charge in [-0.05, 0) is 31.9 Å². The lowest BCUT2D eigenvalue weighted by Gasteiger charge is -2.27. The van der Waals surface area contributed by atoms with Gasteiger partial charge in [0.15, 0.2) is 11.8 Å². The van der Waals surface area contributed by atoms with Gasteiger partial charge in [0.25, 0.3) is 0 Å². The van der Waals surface area contributed by atoms with Crippen LogP contribution in [0.1, 0.15) is 37.8 Å². The molecule has 28 heavy (non-hydrogen) atoms. The lowest BCUT2D eigenvalue weighted by molar-refractivity contribution is 0.0389. The summed E-state index contributed by atoms with van der Waals surface area (Å²) in [7, 11) is 1.99. The third-order valence-corrected chi connectivity index (χ3v) is 6.75. The zero-order chi connectivity index (χ0) is 19.8. The minimum atomic E-state index is 0.500. The van der Waals surface area contributed by atoms with E-state index in [4.69, 9.17) is 9.73 Å². The second kappa shape index (κ2) is 11.0. The van der Waals surface area contributed by atoms with E-state index in [1.165, 1.54) is 25.0 Å². The van der Waals surface area contributed by atoms with Crippen LogP contribution in [0.25, 0.3) is 0 Å². The van der Waals surface area contributed by atoms with E-state index in [9.17, 15) is 0 Å². The Morgan fingerprint density at radius 1 is 1.29 bits per heavy atom. The third kappa shape index (κ3) is 6.35. The minimum Gasteiger partial charge on any atom is -0.379 e. The molecule has 2 heterocycles. The normalized spacial score (nSPS) is 23.9. The van der Waals surface area contributed by atoms with Gasteiger partial charge >= 0.3 is 0 Å². The molecule has 1 aliphatic carbocycles. The van der Waals surface area contributed by atoms with Crippen molar-refractivity contribution in [1.29, 1.82) is 0 Å². The Kier molecular flexibility index (Phi) is 8.42. The lowest BCUT2D eigenvalue weighted by Crippen LogP contribution is -2.46. The Balaban J connectivity index is 1.54. The quantitative estimate of drug-likeness (QED) is 0.493. The lowest BCUT2D eigenvalue weighted by atomic mass is 10.2. The molecule has 0 bridgehead atoms. The molecule has 158 valence electrons. The molecule has 0 aromatic carbocycles. The third-order valence-electron chi connectivity index (χ3n) is 5.51. The molecule has 1 aromatic heterocycles. The summed E-state index contributed by atoms with van der Waals surface area (Å²) in [5.41, 5.74) is 0. The van der Waals surface area contributed by atoms with Crippen LogP contribution >= 0.6 is 11.8 Å². The van der Waals surface area contributed by atoms with Crippen molar-refractivity contribution in [2.75, 3.05) is 45.1 Å². The number of aryl methyl sites for hydroxylation is 1. The zero-order valence-electron chi connectivity index (χ0n) is 17.5. The van der Waals surface area contributed by atoms with Gasteiger partial charge in [-0.3, -0.25) is 4.90 Å². The fourth-order valence-electron chi connectivity index (χ4n) is 3.70. The van der Waals surface area contributed by atoms with Crippen molar-refractivity contribution >= 4 is 17.7 Å². The largest absolute Gasteiger partial charge is 0.379 e. The molecule has 1 saturated carbocycles. The Morgan fingerprint density at radius 2 is 2.11 bits per heavy atom. The predicted octanol–water partition coefficient (Wildman–Crippen LogP) is 1.17. The molecule has 2 atom stereocenters. The smallest absolute Gasteiger partial charge is 0.191 e. The number of aliphatic imine (C=N–C) groups is 1. The topological polar surface area (TPSA) is 79.6 Å². The molecule has 9 heteroatoms. The van der Waals surface area contributed by atoms with Gasteiger partial charge in [0, 0.05) is 44.5 Å². The van der Waals surface area contributed by atoms with Gasteiger partial charge < -0.3 is 19.9 Å². The first kappa shape index (κ1) is 21.4. The number of thioether (sulfide) groups is 1. The van der Waals surface area contributed by atoms with E-state index in [0.29, 0.717) is 12.6 Å². The highest BCUT2D eigenvalue weighted by Crippen LogP contribution is 2.29. The summed E-state index contributed by atoms with van der Waals surface area (Å²) in [4.78, 5) is 7.24. The fourth-order valence-corrected chi connectivity index (χ4v) is 4.84. The predicted molar refractivity (Wildman–Crippen MR) is 115 cm³/mol. The second-order valence-electron chi connectivity index (χ2n) is 7.50. The van der Waals surface area contributed by atoms with Crippen LogP contribution < -0.4 is 10.6 Å². The SMILES string of the molecule is CCSC1CCC(NC(=NCc2nnc(C)n2C)NCCN2CCOCC2)C1. The minimum absolute atomic E-state index is 0.500. The van der Waals surface area contributed by atoms with E-state index in [1.54, 1.807) is 0 Å². The first-order chi connectivity index (χ1) is 13.7. The number of ether oxygens (including phenoxy) is 1. The van der Waals surface area contributed by atoms with Crippen LogP contribution in [0.15, 0.2) is 4.99 Å². The molecule has 3 rings (SSSR count). The molecular formula is C19H35N7OS. The molecule has 0 amide bonds. The highest BCUT2D eigenvalue weighted by Gasteiger charge is 2.25. The maximum Gasteiger partial charge on any atom is 0.191 e. The van der Waals surface area contributed by atoms with Gasteiger partial charge in [0.05, 0.1) is 13.2 Å². The average Bonchev–Trinajstić information content (AvgIpc) is 3.28. The van der Waals surface area contributed by atoms with E-state index >= 15 is 0 Å². The number of rotatable bonds is 8. The van der Waals surface area contributed by atoms with Crippen molar-refractivity contribution in [3.05, 3.63) is 11.6 Å². The molecule has 1 aromatic rings. The molecule has 0 spiro atoms. The van der Waals surface area contributed by atoms with Gasteiger partial charge in [-0.25, -0.2) is 4.99 Å². The number of nitrogens with zero attached hydrogens (tertiary/aromatic N) is 5. The maximum atomic E-state index is 5.43. The molecule has 2 aliphatic rings. The monoisotopic (exact) mass is 409 g/mol. The van der Waals surface area contributed by atoms with Crippen molar-refractivity contribution in [3.63, 3.8) is 0 Å². The van der Waals surface area contributed by atoms with E-state index in [0.717, 1.165) is 62.3 Å². The number of guanidine groups is 1.